The number of fused-ring (bicyclic) bond motifs is 1. The molecule has 0 atom stereocenters. The first-order valence-corrected chi connectivity index (χ1v) is 12.5. The lowest BCUT2D eigenvalue weighted by Crippen LogP contribution is -2.46. The fourth-order valence-corrected chi connectivity index (χ4v) is 5.18. The molecule has 0 bridgehead atoms. The summed E-state index contributed by atoms with van der Waals surface area (Å²) in [4.78, 5) is 29.8. The van der Waals surface area contributed by atoms with E-state index in [1.807, 2.05) is 43.3 Å². The quantitative estimate of drug-likeness (QED) is 0.356. The van der Waals surface area contributed by atoms with Crippen LogP contribution in [0.15, 0.2) is 54.6 Å². The second-order valence-corrected chi connectivity index (χ2v) is 9.30. The van der Waals surface area contributed by atoms with Crippen molar-refractivity contribution in [2.24, 2.45) is 0 Å². The summed E-state index contributed by atoms with van der Waals surface area (Å²) in [7, 11) is 0. The second-order valence-electron chi connectivity index (χ2n) is 8.22. The van der Waals surface area contributed by atoms with E-state index in [2.05, 4.69) is 33.3 Å². The predicted molar refractivity (Wildman–Crippen MR) is 135 cm³/mol. The van der Waals surface area contributed by atoms with E-state index in [-0.39, 0.29) is 11.9 Å². The molecule has 33 heavy (non-hydrogen) atoms. The number of nitrogens with zero attached hydrogens (tertiary/aromatic N) is 2. The highest BCUT2D eigenvalue weighted by Gasteiger charge is 2.20. The molecular weight excluding hydrogens is 434 g/mol. The Morgan fingerprint density at radius 3 is 2.55 bits per heavy atom. The summed E-state index contributed by atoms with van der Waals surface area (Å²) >= 11 is 1.50. The summed E-state index contributed by atoms with van der Waals surface area (Å²) in [5.41, 5.74) is 2.05. The Labute approximate surface area is 199 Å². The number of nitrogens with one attached hydrogen (secondary N) is 1. The van der Waals surface area contributed by atoms with Crippen LogP contribution in [0.3, 0.4) is 0 Å². The third-order valence-corrected chi connectivity index (χ3v) is 6.99. The summed E-state index contributed by atoms with van der Waals surface area (Å²) < 4.78 is 6.29. The van der Waals surface area contributed by atoms with E-state index >= 15 is 0 Å². The predicted octanol–water partition coefficient (Wildman–Crippen LogP) is 5.01. The Morgan fingerprint density at radius 1 is 1.00 bits per heavy atom. The van der Waals surface area contributed by atoms with Crippen molar-refractivity contribution in [1.29, 1.82) is 0 Å². The lowest BCUT2D eigenvalue weighted by Gasteiger charge is -2.36. The second kappa shape index (κ2) is 11.3. The number of ether oxygens (including phenoxy) is 1. The van der Waals surface area contributed by atoms with Crippen LogP contribution in [-0.2, 0) is 9.53 Å². The van der Waals surface area contributed by atoms with E-state index in [1.54, 1.807) is 0 Å². The van der Waals surface area contributed by atoms with E-state index < -0.39 is 0 Å². The molecule has 0 saturated carbocycles. The van der Waals surface area contributed by atoms with Gasteiger partial charge in [-0.25, -0.2) is 4.79 Å². The fraction of sp³-hybridized carbons (Fsp3) is 0.385. The van der Waals surface area contributed by atoms with Gasteiger partial charge in [0.05, 0.1) is 6.61 Å². The molecular formula is C26H31N3O3S. The summed E-state index contributed by atoms with van der Waals surface area (Å²) in [5, 5.41) is 4.08. The highest BCUT2D eigenvalue weighted by molar-refractivity contribution is 7.20. The van der Waals surface area contributed by atoms with Crippen molar-refractivity contribution in [1.82, 2.24) is 4.90 Å². The maximum atomic E-state index is 12.1. The standard InChI is InChI=1S/C26H31N3O3S/c1-2-32-26(31)24-19-21-22(11-8-12-23(21)33-24)29-17-15-28(16-18-29)14-7-6-13-25(30)27-20-9-4-3-5-10-20/h3-5,8-12,19H,2,6-7,13-18H2,1H3,(H,27,30). The molecule has 3 aromatic rings. The van der Waals surface area contributed by atoms with Crippen LogP contribution in [0.1, 0.15) is 35.9 Å². The van der Waals surface area contributed by atoms with E-state index in [4.69, 9.17) is 4.74 Å². The molecule has 1 aromatic heterocycles. The van der Waals surface area contributed by atoms with Gasteiger partial charge in [0, 0.05) is 54.1 Å². The van der Waals surface area contributed by atoms with Crippen molar-refractivity contribution >= 4 is 44.7 Å². The maximum absolute atomic E-state index is 12.1. The molecule has 2 aromatic carbocycles. The lowest BCUT2D eigenvalue weighted by atomic mass is 10.1. The van der Waals surface area contributed by atoms with Crippen LogP contribution in [0, 0.1) is 0 Å². The Balaban J connectivity index is 1.23. The SMILES string of the molecule is CCOC(=O)c1cc2c(N3CCN(CCCCC(=O)Nc4ccccc4)CC3)cccc2s1. The van der Waals surface area contributed by atoms with Crippen LogP contribution in [0.4, 0.5) is 11.4 Å². The van der Waals surface area contributed by atoms with Gasteiger partial charge in [-0.3, -0.25) is 9.69 Å². The first kappa shape index (κ1) is 23.3. The number of hydrogen-bond donors (Lipinski definition) is 1. The van der Waals surface area contributed by atoms with Crippen molar-refractivity contribution in [2.75, 3.05) is 49.5 Å². The summed E-state index contributed by atoms with van der Waals surface area (Å²) in [5.74, 6) is -0.163. The van der Waals surface area contributed by atoms with Gasteiger partial charge in [-0.15, -0.1) is 11.3 Å². The zero-order valence-electron chi connectivity index (χ0n) is 19.1. The van der Waals surface area contributed by atoms with Crippen LogP contribution < -0.4 is 10.2 Å². The van der Waals surface area contributed by atoms with Crippen LogP contribution in [0.2, 0.25) is 0 Å². The van der Waals surface area contributed by atoms with Gasteiger partial charge < -0.3 is 15.0 Å². The fourth-order valence-electron chi connectivity index (χ4n) is 4.20. The molecule has 1 saturated heterocycles. The van der Waals surface area contributed by atoms with Gasteiger partial charge in [-0.05, 0) is 56.6 Å². The molecule has 1 aliphatic heterocycles. The zero-order valence-corrected chi connectivity index (χ0v) is 19.9. The number of esters is 1. The molecule has 1 amide bonds. The van der Waals surface area contributed by atoms with Gasteiger partial charge in [-0.1, -0.05) is 24.3 Å². The number of thiophene rings is 1. The molecule has 1 N–H and O–H groups in total. The van der Waals surface area contributed by atoms with Crippen molar-refractivity contribution in [3.05, 3.63) is 59.5 Å². The number of hydrogen-bond acceptors (Lipinski definition) is 6. The highest BCUT2D eigenvalue weighted by atomic mass is 32.1. The number of para-hydroxylation sites is 1. The maximum Gasteiger partial charge on any atom is 0.348 e. The van der Waals surface area contributed by atoms with E-state index in [0.717, 1.165) is 61.3 Å². The van der Waals surface area contributed by atoms with Gasteiger partial charge >= 0.3 is 5.97 Å². The molecule has 1 aliphatic rings. The third kappa shape index (κ3) is 6.12. The smallest absolute Gasteiger partial charge is 0.348 e. The van der Waals surface area contributed by atoms with Crippen LogP contribution in [-0.4, -0.2) is 56.1 Å². The van der Waals surface area contributed by atoms with E-state index in [0.29, 0.717) is 17.9 Å². The molecule has 0 spiro atoms. The van der Waals surface area contributed by atoms with Gasteiger partial charge in [0.2, 0.25) is 5.91 Å². The molecule has 0 radical (unpaired) electrons. The van der Waals surface area contributed by atoms with Gasteiger partial charge in [0.1, 0.15) is 4.88 Å². The number of rotatable bonds is 9. The average molecular weight is 466 g/mol. The normalized spacial score (nSPS) is 14.4. The molecule has 1 fully saturated rings. The van der Waals surface area contributed by atoms with Crippen molar-refractivity contribution in [3.63, 3.8) is 0 Å². The minimum absolute atomic E-state index is 0.0806. The largest absolute Gasteiger partial charge is 0.462 e. The van der Waals surface area contributed by atoms with Crippen molar-refractivity contribution < 1.29 is 14.3 Å². The number of unbranched alkanes of at least 4 members (excludes halogenated alkanes) is 1. The monoisotopic (exact) mass is 465 g/mol. The third-order valence-electron chi connectivity index (χ3n) is 5.91. The number of anilines is 2. The van der Waals surface area contributed by atoms with Gasteiger partial charge in [0.25, 0.3) is 0 Å². The molecule has 7 heteroatoms. The Morgan fingerprint density at radius 2 is 1.79 bits per heavy atom. The molecule has 6 nitrogen and oxygen atoms in total. The number of carbonyl (C=O) groups is 2. The number of benzene rings is 2. The zero-order chi connectivity index (χ0) is 23.0. The van der Waals surface area contributed by atoms with Crippen molar-refractivity contribution in [3.8, 4) is 0 Å². The van der Waals surface area contributed by atoms with Crippen LogP contribution >= 0.6 is 11.3 Å². The van der Waals surface area contributed by atoms with Gasteiger partial charge in [-0.2, -0.15) is 0 Å². The number of amides is 1. The van der Waals surface area contributed by atoms with Crippen LogP contribution in [0.5, 0.6) is 0 Å². The minimum Gasteiger partial charge on any atom is -0.462 e. The first-order chi connectivity index (χ1) is 16.1. The molecule has 174 valence electrons. The van der Waals surface area contributed by atoms with Gasteiger partial charge in [0.15, 0.2) is 0 Å². The Hall–Kier alpha value is -2.90. The Kier molecular flexibility index (Phi) is 7.96. The first-order valence-electron chi connectivity index (χ1n) is 11.7. The number of piperazine rings is 1. The molecule has 2 heterocycles. The van der Waals surface area contributed by atoms with Crippen LogP contribution in [0.25, 0.3) is 10.1 Å². The molecule has 4 rings (SSSR count). The molecule has 0 aliphatic carbocycles. The average Bonchev–Trinajstić information content (AvgIpc) is 3.28. The highest BCUT2D eigenvalue weighted by Crippen LogP contribution is 2.34. The minimum atomic E-state index is -0.244. The summed E-state index contributed by atoms with van der Waals surface area (Å²) in [6.07, 6.45) is 2.47. The summed E-state index contributed by atoms with van der Waals surface area (Å²) in [6, 6.07) is 17.9. The Bertz CT molecular complexity index is 1070. The van der Waals surface area contributed by atoms with Crippen molar-refractivity contribution in [2.45, 2.75) is 26.2 Å². The van der Waals surface area contributed by atoms with E-state index in [1.165, 1.54) is 17.0 Å². The lowest BCUT2D eigenvalue weighted by molar-refractivity contribution is -0.116. The van der Waals surface area contributed by atoms with E-state index in [9.17, 15) is 9.59 Å². The number of carbonyl (C=O) groups excluding carboxylic acids is 2. The molecule has 0 unspecified atom stereocenters. The summed E-state index contributed by atoms with van der Waals surface area (Å²) in [6.45, 7) is 7.15. The topological polar surface area (TPSA) is 61.9 Å².